The molecule has 0 aliphatic rings. The summed E-state index contributed by atoms with van der Waals surface area (Å²) >= 11 is 4.87. The highest BCUT2D eigenvalue weighted by Gasteiger charge is 2.16. The van der Waals surface area contributed by atoms with E-state index in [4.69, 9.17) is 5.73 Å². The molecule has 1 aromatic rings. The van der Waals surface area contributed by atoms with E-state index in [1.165, 1.54) is 6.20 Å². The summed E-state index contributed by atoms with van der Waals surface area (Å²) in [6.45, 7) is 0. The van der Waals surface area contributed by atoms with Crippen LogP contribution in [0, 0.1) is 3.57 Å². The van der Waals surface area contributed by atoms with Gasteiger partial charge in [-0.1, -0.05) is 0 Å². The zero-order chi connectivity index (χ0) is 9.30. The summed E-state index contributed by atoms with van der Waals surface area (Å²) in [6, 6.07) is 0. The average molecular weight is 349 g/mol. The third-order valence-electron chi connectivity index (χ3n) is 1.22. The van der Waals surface area contributed by atoms with Crippen molar-refractivity contribution in [1.82, 2.24) is 4.98 Å². The minimum atomic E-state index is -2.56. The van der Waals surface area contributed by atoms with Gasteiger partial charge in [-0.2, -0.15) is 0 Å². The number of aromatic nitrogens is 1. The molecule has 0 unspecified atom stereocenters. The third kappa shape index (κ3) is 1.85. The lowest BCUT2D eigenvalue weighted by Gasteiger charge is -2.05. The molecule has 0 radical (unpaired) electrons. The molecule has 0 amide bonds. The smallest absolute Gasteiger partial charge is 0.281 e. The monoisotopic (exact) mass is 348 g/mol. The Bertz CT molecular complexity index is 306. The van der Waals surface area contributed by atoms with E-state index in [0.717, 1.165) is 0 Å². The summed E-state index contributed by atoms with van der Waals surface area (Å²) in [5.74, 6) is 0. The average Bonchev–Trinajstić information content (AvgIpc) is 2.00. The maximum atomic E-state index is 12.2. The fourth-order valence-corrected chi connectivity index (χ4v) is 1.64. The van der Waals surface area contributed by atoms with Gasteiger partial charge in [0.1, 0.15) is 5.69 Å². The molecule has 66 valence electrons. The van der Waals surface area contributed by atoms with Crippen molar-refractivity contribution in [1.29, 1.82) is 0 Å². The van der Waals surface area contributed by atoms with Gasteiger partial charge in [-0.3, -0.25) is 4.98 Å². The van der Waals surface area contributed by atoms with E-state index in [0.29, 0.717) is 13.7 Å². The van der Waals surface area contributed by atoms with Crippen LogP contribution in [0.1, 0.15) is 12.1 Å². The highest BCUT2D eigenvalue weighted by atomic mass is 127. The van der Waals surface area contributed by atoms with Crippen LogP contribution < -0.4 is 5.73 Å². The summed E-state index contributed by atoms with van der Waals surface area (Å²) in [7, 11) is 0. The van der Waals surface area contributed by atoms with E-state index in [2.05, 4.69) is 20.9 Å². The zero-order valence-electron chi connectivity index (χ0n) is 5.69. The Morgan fingerprint density at radius 3 is 2.67 bits per heavy atom. The molecule has 0 saturated carbocycles. The highest BCUT2D eigenvalue weighted by Crippen LogP contribution is 2.31. The van der Waals surface area contributed by atoms with Crippen LogP contribution in [0.25, 0.3) is 0 Å². The van der Waals surface area contributed by atoms with Crippen LogP contribution in [0.5, 0.6) is 0 Å². The quantitative estimate of drug-likeness (QED) is 0.792. The van der Waals surface area contributed by atoms with Crippen LogP contribution in [0.4, 0.5) is 14.5 Å². The number of hydrogen-bond acceptors (Lipinski definition) is 2. The maximum absolute atomic E-state index is 12.2. The molecule has 0 aliphatic heterocycles. The summed E-state index contributed by atoms with van der Waals surface area (Å²) in [6.07, 6.45) is -1.35. The largest absolute Gasteiger partial charge is 0.397 e. The van der Waals surface area contributed by atoms with Crippen molar-refractivity contribution in [2.75, 3.05) is 5.73 Å². The van der Waals surface area contributed by atoms with Crippen molar-refractivity contribution in [3.8, 4) is 0 Å². The Hall–Kier alpha value is 0.0200. The Labute approximate surface area is 89.8 Å². The first kappa shape index (κ1) is 10.1. The molecule has 1 rings (SSSR count). The topological polar surface area (TPSA) is 38.9 Å². The predicted molar refractivity (Wildman–Crippen MR) is 54.0 cm³/mol. The summed E-state index contributed by atoms with van der Waals surface area (Å²) in [4.78, 5) is 3.53. The van der Waals surface area contributed by atoms with Crippen molar-refractivity contribution < 1.29 is 8.78 Å². The molecule has 0 fully saturated rings. The number of alkyl halides is 2. The first-order valence-electron chi connectivity index (χ1n) is 2.91. The molecule has 2 N–H and O–H groups in total. The van der Waals surface area contributed by atoms with Crippen LogP contribution in [0.15, 0.2) is 10.7 Å². The number of hydrogen-bond donors (Lipinski definition) is 1. The van der Waals surface area contributed by atoms with Gasteiger partial charge in [0.2, 0.25) is 0 Å². The number of pyridine rings is 1. The minimum Gasteiger partial charge on any atom is -0.397 e. The van der Waals surface area contributed by atoms with E-state index in [-0.39, 0.29) is 5.69 Å². The van der Waals surface area contributed by atoms with Gasteiger partial charge in [-0.05, 0) is 38.5 Å². The molecule has 12 heavy (non-hydrogen) atoms. The molecule has 1 heterocycles. The first-order chi connectivity index (χ1) is 5.54. The number of anilines is 1. The second-order valence-corrected chi connectivity index (χ2v) is 3.90. The van der Waals surface area contributed by atoms with Crippen LogP contribution in [0.3, 0.4) is 0 Å². The van der Waals surface area contributed by atoms with E-state index < -0.39 is 6.43 Å². The van der Waals surface area contributed by atoms with Crippen molar-refractivity contribution in [3.63, 3.8) is 0 Å². The molecule has 0 saturated heterocycles. The fraction of sp³-hybridized carbons (Fsp3) is 0.167. The Kier molecular flexibility index (Phi) is 3.22. The SMILES string of the molecule is Nc1cnc(C(F)F)c(I)c1Br. The molecule has 0 atom stereocenters. The summed E-state index contributed by atoms with van der Waals surface area (Å²) in [5.41, 5.74) is 5.56. The third-order valence-corrected chi connectivity index (χ3v) is 3.91. The molecule has 2 nitrogen and oxygen atoms in total. The molecule has 0 aliphatic carbocycles. The molecule has 1 aromatic heterocycles. The fourth-order valence-electron chi connectivity index (χ4n) is 0.644. The van der Waals surface area contributed by atoms with E-state index in [1.54, 1.807) is 22.6 Å². The lowest BCUT2D eigenvalue weighted by molar-refractivity contribution is 0.145. The lowest BCUT2D eigenvalue weighted by atomic mass is 10.3. The van der Waals surface area contributed by atoms with Gasteiger partial charge in [-0.15, -0.1) is 0 Å². The van der Waals surface area contributed by atoms with Crippen LogP contribution in [-0.4, -0.2) is 4.98 Å². The van der Waals surface area contributed by atoms with E-state index >= 15 is 0 Å². The second kappa shape index (κ2) is 3.82. The van der Waals surface area contributed by atoms with Crippen LogP contribution in [-0.2, 0) is 0 Å². The normalized spacial score (nSPS) is 10.8. The predicted octanol–water partition coefficient (Wildman–Crippen LogP) is 2.97. The number of nitrogens with zero attached hydrogens (tertiary/aromatic N) is 1. The zero-order valence-corrected chi connectivity index (χ0v) is 9.43. The Balaban J connectivity index is 3.27. The number of halogens is 4. The number of nitrogen functional groups attached to an aromatic ring is 1. The molecular formula is C6H4BrF2IN2. The van der Waals surface area contributed by atoms with Gasteiger partial charge in [0, 0.05) is 0 Å². The van der Waals surface area contributed by atoms with Gasteiger partial charge in [0.05, 0.1) is 19.9 Å². The lowest BCUT2D eigenvalue weighted by Crippen LogP contribution is -1.98. The minimum absolute atomic E-state index is 0.239. The maximum Gasteiger partial charge on any atom is 0.281 e. The summed E-state index contributed by atoms with van der Waals surface area (Å²) in [5, 5.41) is 0. The molecule has 0 spiro atoms. The van der Waals surface area contributed by atoms with Gasteiger partial charge >= 0.3 is 0 Å². The van der Waals surface area contributed by atoms with Crippen molar-refractivity contribution in [2.24, 2.45) is 0 Å². The molecular weight excluding hydrogens is 345 g/mol. The van der Waals surface area contributed by atoms with Gasteiger partial charge in [-0.25, -0.2) is 8.78 Å². The second-order valence-electron chi connectivity index (χ2n) is 2.03. The van der Waals surface area contributed by atoms with Crippen LogP contribution >= 0.6 is 38.5 Å². The van der Waals surface area contributed by atoms with Crippen LogP contribution in [0.2, 0.25) is 0 Å². The Morgan fingerprint density at radius 1 is 1.58 bits per heavy atom. The van der Waals surface area contributed by atoms with Crippen molar-refractivity contribution in [3.05, 3.63) is 19.9 Å². The van der Waals surface area contributed by atoms with E-state index in [9.17, 15) is 8.78 Å². The highest BCUT2D eigenvalue weighted by molar-refractivity contribution is 14.1. The molecule has 0 bridgehead atoms. The van der Waals surface area contributed by atoms with Crippen molar-refractivity contribution in [2.45, 2.75) is 6.43 Å². The number of nitrogens with two attached hydrogens (primary N) is 1. The molecule has 6 heteroatoms. The molecule has 0 aromatic carbocycles. The van der Waals surface area contributed by atoms with Crippen molar-refractivity contribution >= 4 is 44.2 Å². The summed E-state index contributed by atoms with van der Waals surface area (Å²) < 4.78 is 25.3. The van der Waals surface area contributed by atoms with Gasteiger partial charge in [0.25, 0.3) is 6.43 Å². The number of rotatable bonds is 1. The first-order valence-corrected chi connectivity index (χ1v) is 4.78. The van der Waals surface area contributed by atoms with Gasteiger partial charge in [0.15, 0.2) is 0 Å². The standard InChI is InChI=1S/C6H4BrF2IN2/c7-3-2(11)1-12-5(4(3)10)6(8)9/h1,6H,11H2. The Morgan fingerprint density at radius 2 is 2.17 bits per heavy atom. The van der Waals surface area contributed by atoms with E-state index in [1.807, 2.05) is 0 Å². The van der Waals surface area contributed by atoms with Gasteiger partial charge < -0.3 is 5.73 Å².